The van der Waals surface area contributed by atoms with Gasteiger partial charge in [0.05, 0.1) is 6.10 Å². The van der Waals surface area contributed by atoms with Gasteiger partial charge in [-0.1, -0.05) is 13.8 Å². The normalized spacial score (nSPS) is 26.2. The van der Waals surface area contributed by atoms with Gasteiger partial charge in [0, 0.05) is 25.7 Å². The van der Waals surface area contributed by atoms with Gasteiger partial charge < -0.3 is 10.0 Å². The first-order chi connectivity index (χ1) is 7.50. The first-order valence-electron chi connectivity index (χ1n) is 6.57. The molecule has 1 N–H and O–H groups in total. The maximum absolute atomic E-state index is 9.98. The summed E-state index contributed by atoms with van der Waals surface area (Å²) in [6, 6.07) is 0.405. The van der Waals surface area contributed by atoms with Gasteiger partial charge in [0.15, 0.2) is 0 Å². The third-order valence-electron chi connectivity index (χ3n) is 3.35. The average molecular weight is 228 g/mol. The molecule has 0 radical (unpaired) electrons. The Morgan fingerprint density at radius 1 is 1.19 bits per heavy atom. The maximum Gasteiger partial charge on any atom is 0.0695 e. The summed E-state index contributed by atoms with van der Waals surface area (Å²) in [6.07, 6.45) is 3.24. The molecule has 3 heteroatoms. The molecule has 0 spiro atoms. The summed E-state index contributed by atoms with van der Waals surface area (Å²) < 4.78 is 0. The van der Waals surface area contributed by atoms with Gasteiger partial charge in [-0.3, -0.25) is 4.90 Å². The van der Waals surface area contributed by atoms with Crippen LogP contribution in [0.2, 0.25) is 0 Å². The Labute approximate surface area is 100 Å². The Balaban J connectivity index is 2.48. The van der Waals surface area contributed by atoms with Crippen LogP contribution in [0.4, 0.5) is 0 Å². The quantitative estimate of drug-likeness (QED) is 0.745. The lowest BCUT2D eigenvalue weighted by Gasteiger charge is -2.33. The van der Waals surface area contributed by atoms with E-state index >= 15 is 0 Å². The molecule has 0 aliphatic heterocycles. The van der Waals surface area contributed by atoms with E-state index in [2.05, 4.69) is 37.7 Å². The van der Waals surface area contributed by atoms with E-state index in [0.29, 0.717) is 12.0 Å². The molecule has 1 saturated carbocycles. The van der Waals surface area contributed by atoms with Crippen molar-refractivity contribution in [3.63, 3.8) is 0 Å². The number of likely N-dealkylation sites (N-methyl/N-ethyl adjacent to an activating group) is 1. The lowest BCUT2D eigenvalue weighted by Crippen LogP contribution is -2.45. The third kappa shape index (κ3) is 4.40. The molecule has 0 aromatic rings. The fraction of sp³-hybridized carbons (Fsp3) is 1.00. The van der Waals surface area contributed by atoms with Crippen molar-refractivity contribution in [3.8, 4) is 0 Å². The maximum atomic E-state index is 9.98. The van der Waals surface area contributed by atoms with Crippen molar-refractivity contribution in [2.24, 2.45) is 5.92 Å². The van der Waals surface area contributed by atoms with E-state index in [0.717, 1.165) is 26.1 Å². The minimum Gasteiger partial charge on any atom is -0.391 e. The summed E-state index contributed by atoms with van der Waals surface area (Å²) in [5, 5.41) is 9.98. The van der Waals surface area contributed by atoms with Gasteiger partial charge >= 0.3 is 0 Å². The SMILES string of the molecule is CC(C)CN(CCN(C)C)[C@@H]1CCC[C@H]1O. The largest absolute Gasteiger partial charge is 0.391 e. The minimum atomic E-state index is -0.0964. The molecule has 0 aromatic heterocycles. The summed E-state index contributed by atoms with van der Waals surface area (Å²) >= 11 is 0. The summed E-state index contributed by atoms with van der Waals surface area (Å²) in [6.45, 7) is 7.77. The summed E-state index contributed by atoms with van der Waals surface area (Å²) in [4.78, 5) is 4.71. The average Bonchev–Trinajstić information content (AvgIpc) is 2.58. The van der Waals surface area contributed by atoms with Crippen LogP contribution in [-0.4, -0.2) is 60.8 Å². The van der Waals surface area contributed by atoms with Crippen LogP contribution in [0.15, 0.2) is 0 Å². The Bertz CT molecular complexity index is 194. The van der Waals surface area contributed by atoms with Gasteiger partial charge in [-0.05, 0) is 39.3 Å². The minimum absolute atomic E-state index is 0.0964. The summed E-state index contributed by atoms with van der Waals surface area (Å²) in [5.74, 6) is 0.676. The number of nitrogens with zero attached hydrogens (tertiary/aromatic N) is 2. The Morgan fingerprint density at radius 2 is 1.88 bits per heavy atom. The molecule has 0 bridgehead atoms. The number of hydrogen-bond donors (Lipinski definition) is 1. The van der Waals surface area contributed by atoms with Gasteiger partial charge in [0.1, 0.15) is 0 Å². The predicted molar refractivity (Wildman–Crippen MR) is 68.6 cm³/mol. The van der Waals surface area contributed by atoms with E-state index in [1.54, 1.807) is 0 Å². The van der Waals surface area contributed by atoms with Gasteiger partial charge in [0.2, 0.25) is 0 Å². The highest BCUT2D eigenvalue weighted by Crippen LogP contribution is 2.24. The van der Waals surface area contributed by atoms with Crippen LogP contribution >= 0.6 is 0 Å². The highest BCUT2D eigenvalue weighted by molar-refractivity contribution is 4.85. The standard InChI is InChI=1S/C13H28N2O/c1-11(2)10-15(9-8-14(3)4)12-6-5-7-13(12)16/h11-13,16H,5-10H2,1-4H3/t12-,13-/m1/s1. The van der Waals surface area contributed by atoms with Crippen LogP contribution in [0.5, 0.6) is 0 Å². The van der Waals surface area contributed by atoms with Crippen molar-refractivity contribution < 1.29 is 5.11 Å². The predicted octanol–water partition coefficient (Wildman–Crippen LogP) is 1.42. The molecule has 3 nitrogen and oxygen atoms in total. The van der Waals surface area contributed by atoms with Crippen LogP contribution in [0.3, 0.4) is 0 Å². The molecular formula is C13H28N2O. The fourth-order valence-electron chi connectivity index (χ4n) is 2.54. The van der Waals surface area contributed by atoms with E-state index in [-0.39, 0.29) is 6.10 Å². The molecule has 96 valence electrons. The van der Waals surface area contributed by atoms with E-state index in [9.17, 15) is 5.11 Å². The second kappa shape index (κ2) is 6.58. The Morgan fingerprint density at radius 3 is 2.31 bits per heavy atom. The first-order valence-corrected chi connectivity index (χ1v) is 6.57. The number of hydrogen-bond acceptors (Lipinski definition) is 3. The molecule has 1 fully saturated rings. The van der Waals surface area contributed by atoms with Crippen LogP contribution in [0.25, 0.3) is 0 Å². The number of aliphatic hydroxyl groups is 1. The molecule has 1 rings (SSSR count). The van der Waals surface area contributed by atoms with E-state index in [1.807, 2.05) is 0 Å². The molecule has 1 aliphatic carbocycles. The lowest BCUT2D eigenvalue weighted by molar-refractivity contribution is 0.0595. The van der Waals surface area contributed by atoms with Crippen molar-refractivity contribution in [2.75, 3.05) is 33.7 Å². The summed E-state index contributed by atoms with van der Waals surface area (Å²) in [7, 11) is 4.22. The molecule has 0 aromatic carbocycles. The molecule has 0 heterocycles. The smallest absolute Gasteiger partial charge is 0.0695 e. The van der Waals surface area contributed by atoms with Crippen molar-refractivity contribution in [2.45, 2.75) is 45.3 Å². The molecule has 2 atom stereocenters. The molecule has 1 aliphatic rings. The fourth-order valence-corrected chi connectivity index (χ4v) is 2.54. The van der Waals surface area contributed by atoms with Gasteiger partial charge in [-0.15, -0.1) is 0 Å². The summed E-state index contributed by atoms with van der Waals surface area (Å²) in [5.41, 5.74) is 0. The van der Waals surface area contributed by atoms with Crippen LogP contribution in [-0.2, 0) is 0 Å². The second-order valence-corrected chi connectivity index (χ2v) is 5.76. The van der Waals surface area contributed by atoms with Crippen molar-refractivity contribution in [1.29, 1.82) is 0 Å². The number of rotatable bonds is 6. The molecule has 0 saturated heterocycles. The zero-order valence-electron chi connectivity index (χ0n) is 11.3. The van der Waals surface area contributed by atoms with Crippen molar-refractivity contribution >= 4 is 0 Å². The van der Waals surface area contributed by atoms with E-state index < -0.39 is 0 Å². The van der Waals surface area contributed by atoms with Crippen molar-refractivity contribution in [3.05, 3.63) is 0 Å². The van der Waals surface area contributed by atoms with Crippen LogP contribution in [0.1, 0.15) is 33.1 Å². The monoisotopic (exact) mass is 228 g/mol. The number of aliphatic hydroxyl groups excluding tert-OH is 1. The second-order valence-electron chi connectivity index (χ2n) is 5.76. The molecule has 16 heavy (non-hydrogen) atoms. The highest BCUT2D eigenvalue weighted by atomic mass is 16.3. The third-order valence-corrected chi connectivity index (χ3v) is 3.35. The van der Waals surface area contributed by atoms with Crippen LogP contribution in [0, 0.1) is 5.92 Å². The topological polar surface area (TPSA) is 26.7 Å². The van der Waals surface area contributed by atoms with Gasteiger partial charge in [-0.2, -0.15) is 0 Å². The van der Waals surface area contributed by atoms with Crippen molar-refractivity contribution in [1.82, 2.24) is 9.80 Å². The van der Waals surface area contributed by atoms with E-state index in [1.165, 1.54) is 12.8 Å². The lowest BCUT2D eigenvalue weighted by atomic mass is 10.1. The first kappa shape index (κ1) is 13.9. The van der Waals surface area contributed by atoms with Gasteiger partial charge in [0.25, 0.3) is 0 Å². The highest BCUT2D eigenvalue weighted by Gasteiger charge is 2.30. The molecular weight excluding hydrogens is 200 g/mol. The zero-order valence-corrected chi connectivity index (χ0v) is 11.3. The zero-order chi connectivity index (χ0) is 12.1. The van der Waals surface area contributed by atoms with E-state index in [4.69, 9.17) is 0 Å². The molecule has 0 unspecified atom stereocenters. The van der Waals surface area contributed by atoms with Gasteiger partial charge in [-0.25, -0.2) is 0 Å². The molecule has 0 amide bonds. The Hall–Kier alpha value is -0.120. The Kier molecular flexibility index (Phi) is 5.73. The van der Waals surface area contributed by atoms with Crippen LogP contribution < -0.4 is 0 Å².